The molecule has 0 saturated carbocycles. The predicted octanol–water partition coefficient (Wildman–Crippen LogP) is 7.99. The number of piperidine rings is 1. The van der Waals surface area contributed by atoms with E-state index in [-0.39, 0.29) is 5.82 Å². The molecule has 1 aliphatic heterocycles. The van der Waals surface area contributed by atoms with Gasteiger partial charge in [0.25, 0.3) is 0 Å². The predicted molar refractivity (Wildman–Crippen MR) is 167 cm³/mol. The van der Waals surface area contributed by atoms with E-state index in [0.29, 0.717) is 17.0 Å². The van der Waals surface area contributed by atoms with Crippen LogP contribution in [0.15, 0.2) is 97.1 Å². The molecule has 4 aromatic carbocycles. The number of aliphatic carboxylic acids is 1. The van der Waals surface area contributed by atoms with Crippen molar-refractivity contribution in [3.8, 4) is 22.5 Å². The Bertz CT molecular complexity index is 1940. The lowest BCUT2D eigenvalue weighted by molar-refractivity contribution is -0.192. The number of aromatic nitrogens is 4. The minimum atomic E-state index is -5.08. The van der Waals surface area contributed by atoms with E-state index < -0.39 is 12.1 Å². The van der Waals surface area contributed by atoms with Crippen molar-refractivity contribution in [2.24, 2.45) is 0 Å². The van der Waals surface area contributed by atoms with Crippen LogP contribution < -0.4 is 0 Å². The van der Waals surface area contributed by atoms with Crippen LogP contribution in [-0.2, 0) is 11.3 Å². The van der Waals surface area contributed by atoms with Gasteiger partial charge in [0.1, 0.15) is 11.6 Å². The number of para-hydroxylation sites is 2. The second kappa shape index (κ2) is 13.1. The van der Waals surface area contributed by atoms with Crippen LogP contribution >= 0.6 is 0 Å². The van der Waals surface area contributed by atoms with E-state index in [2.05, 4.69) is 46.3 Å². The third-order valence-electron chi connectivity index (χ3n) is 7.93. The monoisotopic (exact) mass is 627 g/mol. The molecule has 2 N–H and O–H groups in total. The van der Waals surface area contributed by atoms with Crippen LogP contribution in [0.3, 0.4) is 0 Å². The molecule has 7 nitrogen and oxygen atoms in total. The number of H-pyrrole nitrogens is 1. The van der Waals surface area contributed by atoms with Gasteiger partial charge in [-0.1, -0.05) is 66.7 Å². The number of benzene rings is 4. The van der Waals surface area contributed by atoms with Crippen LogP contribution in [0.1, 0.15) is 30.1 Å². The first-order chi connectivity index (χ1) is 22.1. The molecule has 3 heterocycles. The van der Waals surface area contributed by atoms with E-state index in [4.69, 9.17) is 24.9 Å². The summed E-state index contributed by atoms with van der Waals surface area (Å²) in [6.07, 6.45) is -2.88. The molecular weight excluding hydrogens is 598 g/mol. The number of carbonyl (C=O) groups is 1. The fourth-order valence-corrected chi connectivity index (χ4v) is 5.58. The minimum absolute atomic E-state index is 0.311. The number of likely N-dealkylation sites (tertiary alicyclic amines) is 1. The highest BCUT2D eigenvalue weighted by molar-refractivity contribution is 5.86. The summed E-state index contributed by atoms with van der Waals surface area (Å²) in [6.45, 7) is 3.02. The first kappa shape index (κ1) is 30.8. The molecule has 0 radical (unpaired) electrons. The zero-order chi connectivity index (χ0) is 32.3. The fourth-order valence-electron chi connectivity index (χ4n) is 5.58. The van der Waals surface area contributed by atoms with Crippen LogP contribution in [0, 0.1) is 5.82 Å². The van der Waals surface area contributed by atoms with Gasteiger partial charge in [0, 0.05) is 29.7 Å². The zero-order valence-corrected chi connectivity index (χ0v) is 24.5. The quantitative estimate of drug-likeness (QED) is 0.188. The molecule has 0 aliphatic carbocycles. The van der Waals surface area contributed by atoms with Crippen LogP contribution in [0.25, 0.3) is 44.6 Å². The lowest BCUT2D eigenvalue weighted by atomic mass is 9.95. The Labute approximate surface area is 261 Å². The average Bonchev–Trinajstić information content (AvgIpc) is 3.50. The molecule has 0 atom stereocenters. The smallest absolute Gasteiger partial charge is 0.475 e. The maximum atomic E-state index is 13.9. The summed E-state index contributed by atoms with van der Waals surface area (Å²) < 4.78 is 45.6. The molecule has 0 unspecified atom stereocenters. The summed E-state index contributed by atoms with van der Waals surface area (Å²) in [7, 11) is 0. The normalized spacial score (nSPS) is 14.3. The Morgan fingerprint density at radius 1 is 0.783 bits per heavy atom. The van der Waals surface area contributed by atoms with Gasteiger partial charge < -0.3 is 10.1 Å². The lowest BCUT2D eigenvalue weighted by Crippen LogP contribution is -2.32. The van der Waals surface area contributed by atoms with Crippen LogP contribution in [0.2, 0.25) is 0 Å². The summed E-state index contributed by atoms with van der Waals surface area (Å²) in [4.78, 5) is 29.5. The Hall–Kier alpha value is -5.16. The van der Waals surface area contributed by atoms with Crippen LogP contribution in [0.4, 0.5) is 17.6 Å². The number of carboxylic acids is 1. The van der Waals surface area contributed by atoms with Gasteiger partial charge in [0.2, 0.25) is 0 Å². The Morgan fingerprint density at radius 3 is 2.04 bits per heavy atom. The van der Waals surface area contributed by atoms with Crippen molar-refractivity contribution in [3.63, 3.8) is 0 Å². The molecule has 7 rings (SSSR count). The van der Waals surface area contributed by atoms with E-state index in [0.717, 1.165) is 71.8 Å². The topological polar surface area (TPSA) is 95.0 Å². The number of hydrogen-bond donors (Lipinski definition) is 2. The maximum absolute atomic E-state index is 13.9. The van der Waals surface area contributed by atoms with Gasteiger partial charge in [-0.05, 0) is 55.8 Å². The number of halogens is 4. The van der Waals surface area contributed by atoms with Crippen molar-refractivity contribution in [1.29, 1.82) is 0 Å². The average molecular weight is 628 g/mol. The Balaban J connectivity index is 0.000000480. The molecule has 6 aromatic rings. The van der Waals surface area contributed by atoms with E-state index in [1.54, 1.807) is 6.07 Å². The lowest BCUT2D eigenvalue weighted by Gasteiger charge is -2.31. The second-order valence-electron chi connectivity index (χ2n) is 11.1. The highest BCUT2D eigenvalue weighted by atomic mass is 19.4. The molecule has 46 heavy (non-hydrogen) atoms. The largest absolute Gasteiger partial charge is 0.490 e. The molecule has 0 spiro atoms. The maximum Gasteiger partial charge on any atom is 0.490 e. The van der Waals surface area contributed by atoms with Crippen molar-refractivity contribution in [2.75, 3.05) is 13.1 Å². The van der Waals surface area contributed by atoms with E-state index in [9.17, 15) is 17.6 Å². The van der Waals surface area contributed by atoms with Crippen molar-refractivity contribution in [3.05, 3.63) is 114 Å². The molecular formula is C35H29F4N5O2. The zero-order valence-electron chi connectivity index (χ0n) is 24.5. The first-order valence-corrected chi connectivity index (χ1v) is 14.7. The van der Waals surface area contributed by atoms with Gasteiger partial charge in [-0.3, -0.25) is 4.90 Å². The highest BCUT2D eigenvalue weighted by Crippen LogP contribution is 2.32. The van der Waals surface area contributed by atoms with Crippen molar-refractivity contribution in [2.45, 2.75) is 31.5 Å². The number of nitrogens with zero attached hydrogens (tertiary/aromatic N) is 4. The van der Waals surface area contributed by atoms with Crippen LogP contribution in [0.5, 0.6) is 0 Å². The van der Waals surface area contributed by atoms with Crippen molar-refractivity contribution >= 4 is 28.0 Å². The third kappa shape index (κ3) is 7.05. The summed E-state index contributed by atoms with van der Waals surface area (Å²) >= 11 is 0. The van der Waals surface area contributed by atoms with Gasteiger partial charge in [-0.2, -0.15) is 13.2 Å². The van der Waals surface area contributed by atoms with Crippen molar-refractivity contribution < 1.29 is 27.5 Å². The van der Waals surface area contributed by atoms with E-state index in [1.165, 1.54) is 17.7 Å². The van der Waals surface area contributed by atoms with Gasteiger partial charge in [0.05, 0.1) is 33.5 Å². The molecule has 1 aliphatic rings. The van der Waals surface area contributed by atoms with E-state index in [1.807, 2.05) is 42.5 Å². The number of hydrogen-bond acceptors (Lipinski definition) is 5. The number of alkyl halides is 3. The fraction of sp³-hybridized carbons (Fsp3) is 0.200. The second-order valence-corrected chi connectivity index (χ2v) is 11.1. The molecule has 1 saturated heterocycles. The summed E-state index contributed by atoms with van der Waals surface area (Å²) in [6, 6.07) is 31.4. The summed E-state index contributed by atoms with van der Waals surface area (Å²) in [5, 5.41) is 7.12. The van der Waals surface area contributed by atoms with Gasteiger partial charge in [-0.25, -0.2) is 24.1 Å². The number of nitrogens with one attached hydrogen (secondary N) is 1. The Morgan fingerprint density at radius 2 is 1.39 bits per heavy atom. The SMILES string of the molecule is Fc1ccc2nc(-c3ccc(CN4CCC(c5nc6ccccc6[nH]5)CC4)cc3)c(-c3ccccc3)nc2c1.O=C(O)C(F)(F)F. The number of imidazole rings is 1. The number of fused-ring (bicyclic) bond motifs is 2. The van der Waals surface area contributed by atoms with Crippen LogP contribution in [-0.4, -0.2) is 55.2 Å². The van der Waals surface area contributed by atoms with Gasteiger partial charge >= 0.3 is 12.1 Å². The summed E-state index contributed by atoms with van der Waals surface area (Å²) in [5.41, 5.74) is 8.21. The summed E-state index contributed by atoms with van der Waals surface area (Å²) in [5.74, 6) is -1.47. The number of aromatic amines is 1. The first-order valence-electron chi connectivity index (χ1n) is 14.7. The minimum Gasteiger partial charge on any atom is -0.475 e. The Kier molecular flexibility index (Phi) is 8.76. The van der Waals surface area contributed by atoms with Gasteiger partial charge in [0.15, 0.2) is 0 Å². The molecule has 2 aromatic heterocycles. The molecule has 11 heteroatoms. The molecule has 234 valence electrons. The van der Waals surface area contributed by atoms with E-state index >= 15 is 0 Å². The number of carboxylic acid groups (broad SMARTS) is 1. The number of rotatable bonds is 5. The molecule has 1 fully saturated rings. The third-order valence-corrected chi connectivity index (χ3v) is 7.93. The molecule has 0 bridgehead atoms. The highest BCUT2D eigenvalue weighted by Gasteiger charge is 2.38. The standard InChI is InChI=1S/C33H28FN5.C2HF3O2/c34-26-14-15-29-30(20-26)36-31(23-6-2-1-3-7-23)32(35-29)24-12-10-22(11-13-24)21-39-18-16-25(17-19-39)33-37-27-8-4-5-9-28(27)38-33;3-2(4,5)1(6)7/h1-15,20,25H,16-19,21H2,(H,37,38);(H,6,7). The van der Waals surface area contributed by atoms with Gasteiger partial charge in [-0.15, -0.1) is 0 Å². The molecule has 0 amide bonds. The van der Waals surface area contributed by atoms with Crippen molar-refractivity contribution in [1.82, 2.24) is 24.8 Å².